The largest absolute Gasteiger partial charge is 0.482 e. The molecule has 2 amide bonds. The van der Waals surface area contributed by atoms with E-state index < -0.39 is 23.5 Å². The van der Waals surface area contributed by atoms with Crippen LogP contribution in [0.5, 0.6) is 5.75 Å². The molecule has 0 aromatic heterocycles. The Morgan fingerprint density at radius 1 is 1.35 bits per heavy atom. The van der Waals surface area contributed by atoms with Gasteiger partial charge in [-0.05, 0) is 32.9 Å². The number of ether oxygens (including phenoxy) is 2. The van der Waals surface area contributed by atoms with Crippen LogP contribution in [0, 0.1) is 0 Å². The Morgan fingerprint density at radius 2 is 2.04 bits per heavy atom. The molecule has 2 rings (SSSR count). The topological polar surface area (TPSA) is 105 Å². The number of anilines is 1. The number of carboxylic acid groups (broad SMARTS) is 1. The van der Waals surface area contributed by atoms with E-state index in [1.165, 1.54) is 4.90 Å². The first kappa shape index (κ1) is 19.7. The molecule has 1 aromatic carbocycles. The van der Waals surface area contributed by atoms with Crippen molar-refractivity contribution in [1.82, 2.24) is 5.32 Å². The normalized spacial score (nSPS) is 15.0. The van der Waals surface area contributed by atoms with Crippen LogP contribution in [-0.2, 0) is 19.1 Å². The van der Waals surface area contributed by atoms with Crippen molar-refractivity contribution in [3.8, 4) is 5.75 Å². The number of para-hydroxylation sites is 2. The molecule has 26 heavy (non-hydrogen) atoms. The summed E-state index contributed by atoms with van der Waals surface area (Å²) in [6, 6.07) is 5.79. The highest BCUT2D eigenvalue weighted by Gasteiger charge is 2.28. The minimum Gasteiger partial charge on any atom is -0.482 e. The number of hydrogen-bond acceptors (Lipinski definition) is 5. The lowest BCUT2D eigenvalue weighted by molar-refractivity contribution is -0.142. The highest BCUT2D eigenvalue weighted by molar-refractivity contribution is 6.02. The van der Waals surface area contributed by atoms with Crippen LogP contribution < -0.4 is 15.0 Å². The Morgan fingerprint density at radius 3 is 2.69 bits per heavy atom. The van der Waals surface area contributed by atoms with E-state index in [4.69, 9.17) is 9.47 Å². The summed E-state index contributed by atoms with van der Waals surface area (Å²) in [6.45, 7) is 5.35. The van der Waals surface area contributed by atoms with E-state index in [-0.39, 0.29) is 32.1 Å². The number of benzene rings is 1. The molecule has 1 heterocycles. The summed E-state index contributed by atoms with van der Waals surface area (Å²) < 4.78 is 10.8. The SMILES string of the molecule is CC(C)(C)OCCC(NC(=O)CN1C(=O)COc2ccccc21)C(=O)O. The van der Waals surface area contributed by atoms with Gasteiger partial charge in [-0.2, -0.15) is 0 Å². The summed E-state index contributed by atoms with van der Waals surface area (Å²) in [5.74, 6) is -1.56. The third-order valence-corrected chi connectivity index (χ3v) is 3.68. The number of carboxylic acids is 1. The van der Waals surface area contributed by atoms with E-state index in [2.05, 4.69) is 5.32 Å². The van der Waals surface area contributed by atoms with Gasteiger partial charge in [0.2, 0.25) is 5.91 Å². The molecule has 0 radical (unpaired) electrons. The standard InChI is InChI=1S/C18H24N2O6/c1-18(2,3)26-9-8-12(17(23)24)19-15(21)10-20-13-6-4-5-7-14(13)25-11-16(20)22/h4-7,12H,8-11H2,1-3H3,(H,19,21)(H,23,24). The number of fused-ring (bicyclic) bond motifs is 1. The van der Waals surface area contributed by atoms with Crippen LogP contribution in [0.15, 0.2) is 24.3 Å². The number of carbonyl (C=O) groups is 3. The smallest absolute Gasteiger partial charge is 0.326 e. The van der Waals surface area contributed by atoms with E-state index in [0.717, 1.165) is 0 Å². The summed E-state index contributed by atoms with van der Waals surface area (Å²) in [5.41, 5.74) is 0.0959. The molecular weight excluding hydrogens is 340 g/mol. The zero-order chi connectivity index (χ0) is 19.3. The summed E-state index contributed by atoms with van der Waals surface area (Å²) in [7, 11) is 0. The van der Waals surface area contributed by atoms with Gasteiger partial charge in [0.25, 0.3) is 5.91 Å². The Balaban J connectivity index is 1.97. The van der Waals surface area contributed by atoms with Crippen molar-refractivity contribution in [2.75, 3.05) is 24.7 Å². The fourth-order valence-electron chi connectivity index (χ4n) is 2.45. The van der Waals surface area contributed by atoms with Crippen LogP contribution in [0.4, 0.5) is 5.69 Å². The number of nitrogens with zero attached hydrogens (tertiary/aromatic N) is 1. The molecule has 1 unspecified atom stereocenters. The molecule has 2 N–H and O–H groups in total. The van der Waals surface area contributed by atoms with Gasteiger partial charge in [-0.1, -0.05) is 12.1 Å². The van der Waals surface area contributed by atoms with E-state index in [0.29, 0.717) is 11.4 Å². The molecule has 0 fully saturated rings. The first-order valence-corrected chi connectivity index (χ1v) is 8.36. The third-order valence-electron chi connectivity index (χ3n) is 3.68. The molecule has 142 valence electrons. The van der Waals surface area contributed by atoms with E-state index in [1.54, 1.807) is 24.3 Å². The zero-order valence-electron chi connectivity index (χ0n) is 15.2. The van der Waals surface area contributed by atoms with Gasteiger partial charge >= 0.3 is 5.97 Å². The van der Waals surface area contributed by atoms with Crippen LogP contribution >= 0.6 is 0 Å². The van der Waals surface area contributed by atoms with Crippen LogP contribution in [0.25, 0.3) is 0 Å². The maximum absolute atomic E-state index is 12.3. The number of hydrogen-bond donors (Lipinski definition) is 2. The lowest BCUT2D eigenvalue weighted by Gasteiger charge is -2.29. The van der Waals surface area contributed by atoms with Crippen LogP contribution in [0.2, 0.25) is 0 Å². The fraction of sp³-hybridized carbons (Fsp3) is 0.500. The lowest BCUT2D eigenvalue weighted by Crippen LogP contribution is -2.49. The summed E-state index contributed by atoms with van der Waals surface area (Å²) >= 11 is 0. The molecule has 0 spiro atoms. The van der Waals surface area contributed by atoms with Crippen molar-refractivity contribution in [3.05, 3.63) is 24.3 Å². The molecule has 0 aliphatic carbocycles. The first-order chi connectivity index (χ1) is 12.2. The van der Waals surface area contributed by atoms with Gasteiger partial charge in [0.05, 0.1) is 11.3 Å². The summed E-state index contributed by atoms with van der Waals surface area (Å²) in [6.07, 6.45) is 0.131. The second-order valence-electron chi connectivity index (χ2n) is 6.94. The third kappa shape index (κ3) is 5.45. The zero-order valence-corrected chi connectivity index (χ0v) is 15.2. The van der Waals surface area contributed by atoms with E-state index in [9.17, 15) is 19.5 Å². The maximum atomic E-state index is 12.3. The van der Waals surface area contributed by atoms with Crippen molar-refractivity contribution >= 4 is 23.5 Å². The lowest BCUT2D eigenvalue weighted by atomic mass is 10.1. The number of aliphatic carboxylic acids is 1. The average Bonchev–Trinajstić information content (AvgIpc) is 2.55. The Labute approximate surface area is 152 Å². The summed E-state index contributed by atoms with van der Waals surface area (Å²) in [5, 5.41) is 11.7. The number of rotatable bonds is 7. The van der Waals surface area contributed by atoms with Crippen molar-refractivity contribution in [2.45, 2.75) is 38.8 Å². The Bertz CT molecular complexity index is 683. The molecule has 1 aliphatic heterocycles. The molecule has 1 atom stereocenters. The average molecular weight is 364 g/mol. The Kier molecular flexibility index (Phi) is 6.20. The second kappa shape index (κ2) is 8.18. The second-order valence-corrected chi connectivity index (χ2v) is 6.94. The first-order valence-electron chi connectivity index (χ1n) is 8.36. The van der Waals surface area contributed by atoms with E-state index >= 15 is 0 Å². The number of nitrogens with one attached hydrogen (secondary N) is 1. The van der Waals surface area contributed by atoms with Gasteiger partial charge in [-0.25, -0.2) is 4.79 Å². The predicted molar refractivity (Wildman–Crippen MR) is 94.2 cm³/mol. The van der Waals surface area contributed by atoms with Crippen LogP contribution in [0.3, 0.4) is 0 Å². The Hall–Kier alpha value is -2.61. The molecule has 0 saturated carbocycles. The van der Waals surface area contributed by atoms with Crippen molar-refractivity contribution in [3.63, 3.8) is 0 Å². The van der Waals surface area contributed by atoms with Gasteiger partial charge in [0, 0.05) is 13.0 Å². The molecular formula is C18H24N2O6. The highest BCUT2D eigenvalue weighted by Crippen LogP contribution is 2.31. The van der Waals surface area contributed by atoms with Crippen molar-refractivity contribution in [2.24, 2.45) is 0 Å². The summed E-state index contributed by atoms with van der Waals surface area (Å²) in [4.78, 5) is 37.0. The molecule has 0 saturated heterocycles. The predicted octanol–water partition coefficient (Wildman–Crippen LogP) is 1.19. The minimum atomic E-state index is -1.15. The highest BCUT2D eigenvalue weighted by atomic mass is 16.5. The van der Waals surface area contributed by atoms with Gasteiger partial charge in [-0.3, -0.25) is 14.5 Å². The van der Waals surface area contributed by atoms with Gasteiger partial charge in [-0.15, -0.1) is 0 Å². The molecule has 0 bridgehead atoms. The van der Waals surface area contributed by atoms with Gasteiger partial charge in [0.15, 0.2) is 6.61 Å². The number of carbonyl (C=O) groups excluding carboxylic acids is 2. The van der Waals surface area contributed by atoms with Gasteiger partial charge in [0.1, 0.15) is 18.3 Å². The molecule has 1 aliphatic rings. The van der Waals surface area contributed by atoms with Crippen LogP contribution in [-0.4, -0.2) is 54.3 Å². The molecule has 8 nitrogen and oxygen atoms in total. The van der Waals surface area contributed by atoms with E-state index in [1.807, 2.05) is 20.8 Å². The van der Waals surface area contributed by atoms with Crippen molar-refractivity contribution in [1.29, 1.82) is 0 Å². The fourth-order valence-corrected chi connectivity index (χ4v) is 2.45. The maximum Gasteiger partial charge on any atom is 0.326 e. The minimum absolute atomic E-state index is 0.131. The molecule has 1 aromatic rings. The molecule has 8 heteroatoms. The van der Waals surface area contributed by atoms with Crippen LogP contribution in [0.1, 0.15) is 27.2 Å². The number of amides is 2. The quantitative estimate of drug-likeness (QED) is 0.753. The van der Waals surface area contributed by atoms with Crippen molar-refractivity contribution < 1.29 is 29.0 Å². The van der Waals surface area contributed by atoms with Gasteiger partial charge < -0.3 is 19.9 Å². The monoisotopic (exact) mass is 364 g/mol.